The molecule has 1 aromatic rings. The van der Waals surface area contributed by atoms with Crippen LogP contribution >= 0.6 is 0 Å². The number of nitrogens with one attached hydrogen (secondary N) is 1. The lowest BCUT2D eigenvalue weighted by Gasteiger charge is -2.33. The van der Waals surface area contributed by atoms with Crippen molar-refractivity contribution in [2.75, 3.05) is 19.6 Å². The molecule has 1 fully saturated rings. The number of piperidine rings is 1. The SMILES string of the molecule is Cc1oncc1C(=O)N1CCCC(CNC(C)C)C1. The van der Waals surface area contributed by atoms with Crippen LogP contribution in [-0.2, 0) is 0 Å². The fraction of sp³-hybridized carbons (Fsp3) is 0.714. The Morgan fingerprint density at radius 3 is 3.05 bits per heavy atom. The molecule has 1 aliphatic rings. The van der Waals surface area contributed by atoms with E-state index in [1.807, 2.05) is 4.90 Å². The minimum absolute atomic E-state index is 0.0491. The smallest absolute Gasteiger partial charge is 0.259 e. The van der Waals surface area contributed by atoms with Crippen LogP contribution in [0.2, 0.25) is 0 Å². The molecule has 5 heteroatoms. The molecule has 0 radical (unpaired) electrons. The van der Waals surface area contributed by atoms with Gasteiger partial charge in [0.1, 0.15) is 11.3 Å². The first kappa shape index (κ1) is 14.1. The van der Waals surface area contributed by atoms with Crippen LogP contribution in [0.3, 0.4) is 0 Å². The highest BCUT2D eigenvalue weighted by Gasteiger charge is 2.26. The molecule has 0 aliphatic carbocycles. The molecule has 19 heavy (non-hydrogen) atoms. The summed E-state index contributed by atoms with van der Waals surface area (Å²) in [5.74, 6) is 1.20. The highest BCUT2D eigenvalue weighted by Crippen LogP contribution is 2.19. The summed E-state index contributed by atoms with van der Waals surface area (Å²) in [6, 6.07) is 0.492. The van der Waals surface area contributed by atoms with Crippen molar-refractivity contribution < 1.29 is 9.32 Å². The Morgan fingerprint density at radius 1 is 1.63 bits per heavy atom. The average Bonchev–Trinajstić information content (AvgIpc) is 2.82. The Balaban J connectivity index is 1.94. The Kier molecular flexibility index (Phi) is 4.58. The lowest BCUT2D eigenvalue weighted by molar-refractivity contribution is 0.0670. The first-order valence-electron chi connectivity index (χ1n) is 7.02. The van der Waals surface area contributed by atoms with Crippen LogP contribution in [0.15, 0.2) is 10.7 Å². The number of hydrogen-bond donors (Lipinski definition) is 1. The molecule has 0 spiro atoms. The number of carbonyl (C=O) groups is 1. The zero-order chi connectivity index (χ0) is 13.8. The third kappa shape index (κ3) is 3.56. The molecule has 1 atom stereocenters. The molecule has 0 aromatic carbocycles. The van der Waals surface area contributed by atoms with Gasteiger partial charge in [0.15, 0.2) is 0 Å². The van der Waals surface area contributed by atoms with E-state index in [1.54, 1.807) is 6.92 Å². The van der Waals surface area contributed by atoms with Crippen molar-refractivity contribution in [3.8, 4) is 0 Å². The molecule has 1 aromatic heterocycles. The summed E-state index contributed by atoms with van der Waals surface area (Å²) in [6.07, 6.45) is 3.78. The second-order valence-corrected chi connectivity index (χ2v) is 5.62. The number of likely N-dealkylation sites (tertiary alicyclic amines) is 1. The summed E-state index contributed by atoms with van der Waals surface area (Å²) in [5.41, 5.74) is 0.595. The third-order valence-electron chi connectivity index (χ3n) is 3.60. The van der Waals surface area contributed by atoms with Crippen molar-refractivity contribution >= 4 is 5.91 Å². The normalized spacial score (nSPS) is 20.0. The minimum Gasteiger partial charge on any atom is -0.361 e. The van der Waals surface area contributed by atoms with Gasteiger partial charge in [-0.05, 0) is 32.2 Å². The Hall–Kier alpha value is -1.36. The standard InChI is InChI=1S/C14H23N3O2/c1-10(2)15-7-12-5-4-6-17(9-12)14(18)13-8-16-19-11(13)3/h8,10,12,15H,4-7,9H2,1-3H3. The molecule has 1 unspecified atom stereocenters. The van der Waals surface area contributed by atoms with Gasteiger partial charge in [0.25, 0.3) is 5.91 Å². The van der Waals surface area contributed by atoms with E-state index < -0.39 is 0 Å². The molecular weight excluding hydrogens is 242 g/mol. The largest absolute Gasteiger partial charge is 0.361 e. The molecular formula is C14H23N3O2. The molecule has 106 valence electrons. The summed E-state index contributed by atoms with van der Waals surface area (Å²) in [7, 11) is 0. The van der Waals surface area contributed by atoms with E-state index in [4.69, 9.17) is 4.52 Å². The summed E-state index contributed by atoms with van der Waals surface area (Å²) in [5, 5.41) is 7.13. The zero-order valence-corrected chi connectivity index (χ0v) is 12.0. The summed E-state index contributed by atoms with van der Waals surface area (Å²) in [4.78, 5) is 14.3. The molecule has 1 N–H and O–H groups in total. The molecule has 5 nitrogen and oxygen atoms in total. The predicted molar refractivity (Wildman–Crippen MR) is 73.0 cm³/mol. The van der Waals surface area contributed by atoms with Gasteiger partial charge in [-0.1, -0.05) is 19.0 Å². The van der Waals surface area contributed by atoms with Gasteiger partial charge in [0.2, 0.25) is 0 Å². The highest BCUT2D eigenvalue weighted by atomic mass is 16.5. The maximum Gasteiger partial charge on any atom is 0.259 e. The van der Waals surface area contributed by atoms with Crippen LogP contribution in [0.25, 0.3) is 0 Å². The molecule has 0 bridgehead atoms. The second-order valence-electron chi connectivity index (χ2n) is 5.62. The number of rotatable bonds is 4. The van der Waals surface area contributed by atoms with Crippen LogP contribution in [0, 0.1) is 12.8 Å². The highest BCUT2D eigenvalue weighted by molar-refractivity contribution is 5.94. The number of aryl methyl sites for hydroxylation is 1. The van der Waals surface area contributed by atoms with Gasteiger partial charge >= 0.3 is 0 Å². The van der Waals surface area contributed by atoms with Crippen molar-refractivity contribution in [2.45, 2.75) is 39.7 Å². The molecule has 1 aliphatic heterocycles. The van der Waals surface area contributed by atoms with Gasteiger partial charge in [-0.2, -0.15) is 0 Å². The van der Waals surface area contributed by atoms with E-state index in [9.17, 15) is 4.79 Å². The number of aromatic nitrogens is 1. The number of hydrogen-bond acceptors (Lipinski definition) is 4. The van der Waals surface area contributed by atoms with Gasteiger partial charge in [-0.15, -0.1) is 0 Å². The lowest BCUT2D eigenvalue weighted by Crippen LogP contribution is -2.43. The van der Waals surface area contributed by atoms with E-state index in [0.717, 1.165) is 26.1 Å². The van der Waals surface area contributed by atoms with Crippen LogP contribution in [0.1, 0.15) is 42.8 Å². The summed E-state index contributed by atoms with van der Waals surface area (Å²) >= 11 is 0. The number of carbonyl (C=O) groups excluding carboxylic acids is 1. The molecule has 1 amide bonds. The van der Waals surface area contributed by atoms with Crippen molar-refractivity contribution in [3.63, 3.8) is 0 Å². The number of nitrogens with zero attached hydrogens (tertiary/aromatic N) is 2. The van der Waals surface area contributed by atoms with Crippen molar-refractivity contribution in [1.29, 1.82) is 0 Å². The van der Waals surface area contributed by atoms with Crippen molar-refractivity contribution in [1.82, 2.24) is 15.4 Å². The van der Waals surface area contributed by atoms with Gasteiger partial charge in [0, 0.05) is 19.1 Å². The number of amides is 1. The van der Waals surface area contributed by atoms with Crippen LogP contribution in [0.5, 0.6) is 0 Å². The Labute approximate surface area is 114 Å². The fourth-order valence-electron chi connectivity index (χ4n) is 2.49. The Morgan fingerprint density at radius 2 is 2.42 bits per heavy atom. The lowest BCUT2D eigenvalue weighted by atomic mass is 9.97. The summed E-state index contributed by atoms with van der Waals surface area (Å²) < 4.78 is 4.97. The fourth-order valence-corrected chi connectivity index (χ4v) is 2.49. The first-order valence-corrected chi connectivity index (χ1v) is 7.02. The first-order chi connectivity index (χ1) is 9.08. The van der Waals surface area contributed by atoms with E-state index in [2.05, 4.69) is 24.3 Å². The van der Waals surface area contributed by atoms with Crippen LogP contribution in [-0.4, -0.2) is 41.6 Å². The predicted octanol–water partition coefficient (Wildman–Crippen LogP) is 1.83. The Bertz CT molecular complexity index is 428. The minimum atomic E-state index is 0.0491. The molecule has 2 rings (SSSR count). The zero-order valence-electron chi connectivity index (χ0n) is 12.0. The van der Waals surface area contributed by atoms with Gasteiger partial charge in [-0.25, -0.2) is 0 Å². The van der Waals surface area contributed by atoms with E-state index in [1.165, 1.54) is 12.6 Å². The quantitative estimate of drug-likeness (QED) is 0.902. The van der Waals surface area contributed by atoms with Crippen molar-refractivity contribution in [3.05, 3.63) is 17.5 Å². The van der Waals surface area contributed by atoms with E-state index in [0.29, 0.717) is 23.3 Å². The van der Waals surface area contributed by atoms with Gasteiger partial charge < -0.3 is 14.7 Å². The van der Waals surface area contributed by atoms with Crippen LogP contribution in [0.4, 0.5) is 0 Å². The maximum absolute atomic E-state index is 12.4. The van der Waals surface area contributed by atoms with Gasteiger partial charge in [-0.3, -0.25) is 4.79 Å². The topological polar surface area (TPSA) is 58.4 Å². The maximum atomic E-state index is 12.4. The average molecular weight is 265 g/mol. The van der Waals surface area contributed by atoms with Crippen LogP contribution < -0.4 is 5.32 Å². The summed E-state index contributed by atoms with van der Waals surface area (Å²) in [6.45, 7) is 8.70. The molecule has 2 heterocycles. The van der Waals surface area contributed by atoms with Gasteiger partial charge in [0.05, 0.1) is 6.20 Å². The van der Waals surface area contributed by atoms with E-state index in [-0.39, 0.29) is 5.91 Å². The molecule has 0 saturated carbocycles. The van der Waals surface area contributed by atoms with E-state index >= 15 is 0 Å². The third-order valence-corrected chi connectivity index (χ3v) is 3.60. The monoisotopic (exact) mass is 265 g/mol. The molecule has 1 saturated heterocycles. The van der Waals surface area contributed by atoms with Crippen molar-refractivity contribution in [2.24, 2.45) is 5.92 Å². The second kappa shape index (κ2) is 6.19.